The Labute approximate surface area is 607 Å². The molecule has 3 saturated heterocycles. The van der Waals surface area contributed by atoms with Crippen LogP contribution in [0.25, 0.3) is 0 Å². The van der Waals surface area contributed by atoms with Crippen molar-refractivity contribution in [2.75, 3.05) is 26.4 Å². The molecular formula is C81H155NO18. The summed E-state index contributed by atoms with van der Waals surface area (Å²) < 4.78 is 34.5. The first-order valence-corrected chi connectivity index (χ1v) is 41.9. The Morgan fingerprint density at radius 3 is 0.940 bits per heavy atom. The fraction of sp³-hybridized carbons (Fsp3) is 0.963. The third-order valence-corrected chi connectivity index (χ3v) is 21.3. The topological polar surface area (TPSA) is 307 Å². The summed E-state index contributed by atoms with van der Waals surface area (Å²) in [6.07, 6.45) is 47.8. The molecule has 0 aromatic carbocycles. The highest BCUT2D eigenvalue weighted by Crippen LogP contribution is 2.33. The summed E-state index contributed by atoms with van der Waals surface area (Å²) in [5, 5.41) is 121. The minimum absolute atomic E-state index is 0.250. The summed E-state index contributed by atoms with van der Waals surface area (Å²) in [5.41, 5.74) is 0. The summed E-state index contributed by atoms with van der Waals surface area (Å²) in [6.45, 7) is 1.81. The second-order valence-corrected chi connectivity index (χ2v) is 30.3. The van der Waals surface area contributed by atoms with Gasteiger partial charge in [0.15, 0.2) is 18.9 Å². The van der Waals surface area contributed by atoms with E-state index < -0.39 is 124 Å². The normalized spacial score (nSPS) is 26.4. The maximum absolute atomic E-state index is 13.5. The standard InChI is InChI=1S/C81H155NO18/c1-3-5-7-9-11-13-15-17-19-21-23-25-27-28-29-30-31-32-33-34-35-36-37-38-40-42-44-46-48-50-52-54-56-58-65(86)64(82-69(87)59-57-55-53-51-49-47-45-43-41-39-26-24-22-20-18-16-14-12-10-8-6-4-2)63-95-79-75(93)72(90)77(67(61-84)97-79)100-81-76(94)73(91)78(68(62-85)98-81)99-80-74(92)71(89)70(88)66(60-83)96-80/h56,58,64-68,70-81,83-86,88-94H,3-55,57,59-63H2,1-2H3,(H,82,87)/b58-56+. The molecule has 1 amide bonds. The number of allylic oxidation sites excluding steroid dienone is 1. The van der Waals surface area contributed by atoms with Crippen LogP contribution in [0.1, 0.15) is 367 Å². The van der Waals surface area contributed by atoms with E-state index in [0.717, 1.165) is 44.9 Å². The first-order valence-electron chi connectivity index (χ1n) is 41.9. The van der Waals surface area contributed by atoms with E-state index in [1.165, 1.54) is 295 Å². The third kappa shape index (κ3) is 42.2. The molecule has 0 saturated carbocycles. The number of rotatable bonds is 68. The second-order valence-electron chi connectivity index (χ2n) is 30.3. The Bertz CT molecular complexity index is 1850. The van der Waals surface area contributed by atoms with Gasteiger partial charge in [0.1, 0.15) is 73.2 Å². The molecule has 3 fully saturated rings. The zero-order chi connectivity index (χ0) is 72.5. The van der Waals surface area contributed by atoms with Gasteiger partial charge in [-0.05, 0) is 19.3 Å². The van der Waals surface area contributed by atoms with Gasteiger partial charge in [0.05, 0.1) is 38.6 Å². The number of unbranched alkanes of at least 4 members (excludes halogenated alkanes) is 52. The number of nitrogens with one attached hydrogen (secondary N) is 1. The number of hydrogen-bond acceptors (Lipinski definition) is 18. The molecule has 19 nitrogen and oxygen atoms in total. The Morgan fingerprint density at radius 2 is 0.620 bits per heavy atom. The van der Waals surface area contributed by atoms with Crippen LogP contribution in [-0.2, 0) is 33.2 Å². The van der Waals surface area contributed by atoms with Crippen LogP contribution in [-0.4, -0.2) is 193 Å². The van der Waals surface area contributed by atoms with Crippen LogP contribution in [0.3, 0.4) is 0 Å². The smallest absolute Gasteiger partial charge is 0.220 e. The molecule has 19 heteroatoms. The lowest BCUT2D eigenvalue weighted by Gasteiger charge is -2.48. The number of aliphatic hydroxyl groups excluding tert-OH is 11. The summed E-state index contributed by atoms with van der Waals surface area (Å²) in [4.78, 5) is 13.5. The number of hydrogen-bond donors (Lipinski definition) is 12. The maximum Gasteiger partial charge on any atom is 0.220 e. The van der Waals surface area contributed by atoms with E-state index in [4.69, 9.17) is 28.4 Å². The van der Waals surface area contributed by atoms with Crippen LogP contribution in [0.2, 0.25) is 0 Å². The summed E-state index contributed by atoms with van der Waals surface area (Å²) in [5.74, 6) is -0.266. The van der Waals surface area contributed by atoms with Gasteiger partial charge in [-0.15, -0.1) is 0 Å². The van der Waals surface area contributed by atoms with Crippen molar-refractivity contribution in [1.82, 2.24) is 5.32 Å². The van der Waals surface area contributed by atoms with Gasteiger partial charge in [-0.3, -0.25) is 4.79 Å². The molecular weight excluding hydrogens is 1270 g/mol. The molecule has 3 rings (SSSR count). The van der Waals surface area contributed by atoms with Crippen molar-refractivity contribution in [1.29, 1.82) is 0 Å². The Hall–Kier alpha value is -1.47. The van der Waals surface area contributed by atoms with E-state index >= 15 is 0 Å². The van der Waals surface area contributed by atoms with Crippen molar-refractivity contribution in [2.24, 2.45) is 0 Å². The van der Waals surface area contributed by atoms with E-state index in [1.54, 1.807) is 6.08 Å². The Morgan fingerprint density at radius 1 is 0.350 bits per heavy atom. The molecule has 0 spiro atoms. The second kappa shape index (κ2) is 62.6. The molecule has 100 heavy (non-hydrogen) atoms. The first kappa shape index (κ1) is 92.7. The van der Waals surface area contributed by atoms with Crippen LogP contribution in [0.15, 0.2) is 12.2 Å². The van der Waals surface area contributed by atoms with Gasteiger partial charge in [-0.1, -0.05) is 353 Å². The van der Waals surface area contributed by atoms with Gasteiger partial charge < -0.3 is 89.9 Å². The van der Waals surface area contributed by atoms with Crippen molar-refractivity contribution in [3.63, 3.8) is 0 Å². The lowest BCUT2D eigenvalue weighted by Crippen LogP contribution is -2.66. The molecule has 0 aliphatic carbocycles. The van der Waals surface area contributed by atoms with Gasteiger partial charge in [0, 0.05) is 6.42 Å². The number of ether oxygens (including phenoxy) is 6. The number of carbonyl (C=O) groups excluding carboxylic acids is 1. The van der Waals surface area contributed by atoms with Gasteiger partial charge in [-0.25, -0.2) is 0 Å². The third-order valence-electron chi connectivity index (χ3n) is 21.3. The van der Waals surface area contributed by atoms with Crippen molar-refractivity contribution >= 4 is 5.91 Å². The van der Waals surface area contributed by atoms with E-state index in [2.05, 4.69) is 19.2 Å². The molecule has 17 atom stereocenters. The molecule has 12 N–H and O–H groups in total. The number of aliphatic hydroxyl groups is 11. The van der Waals surface area contributed by atoms with Crippen molar-refractivity contribution in [2.45, 2.75) is 471 Å². The predicted octanol–water partition coefficient (Wildman–Crippen LogP) is 14.3. The average molecular weight is 1430 g/mol. The minimum Gasteiger partial charge on any atom is -0.394 e. The van der Waals surface area contributed by atoms with E-state index in [9.17, 15) is 61.0 Å². The molecule has 3 heterocycles. The zero-order valence-corrected chi connectivity index (χ0v) is 63.5. The van der Waals surface area contributed by atoms with Gasteiger partial charge in [0.25, 0.3) is 0 Å². The Kier molecular flexibility index (Phi) is 58.0. The fourth-order valence-electron chi connectivity index (χ4n) is 14.6. The van der Waals surface area contributed by atoms with Crippen LogP contribution in [0.4, 0.5) is 0 Å². The fourth-order valence-corrected chi connectivity index (χ4v) is 14.6. The quantitative estimate of drug-likeness (QED) is 0.0199. The zero-order valence-electron chi connectivity index (χ0n) is 63.5. The molecule has 0 radical (unpaired) electrons. The van der Waals surface area contributed by atoms with Gasteiger partial charge in [-0.2, -0.15) is 0 Å². The molecule has 0 aromatic heterocycles. The monoisotopic (exact) mass is 1430 g/mol. The highest BCUT2D eigenvalue weighted by atomic mass is 16.8. The first-order chi connectivity index (χ1) is 48.8. The van der Waals surface area contributed by atoms with E-state index in [0.29, 0.717) is 6.42 Å². The largest absolute Gasteiger partial charge is 0.394 e. The number of amides is 1. The number of carbonyl (C=O) groups is 1. The SMILES string of the molecule is CCCCCCCCCCCCCCCCCCCCCCCCCCCCCCCCC/C=C/C(O)C(COC1OC(CO)C(OC2OC(CO)C(OC3OC(CO)C(O)C(O)C3O)C(O)C2O)C(O)C1O)NC(=O)CCCCCCCCCCCCCCCCCCCCCCCC. The van der Waals surface area contributed by atoms with Crippen molar-refractivity contribution in [3.8, 4) is 0 Å². The van der Waals surface area contributed by atoms with E-state index in [-0.39, 0.29) is 18.9 Å². The van der Waals surface area contributed by atoms with Crippen molar-refractivity contribution < 1.29 is 89.4 Å². The highest BCUT2D eigenvalue weighted by molar-refractivity contribution is 5.76. The molecule has 0 aromatic rings. The average Bonchev–Trinajstić information content (AvgIpc) is 0.783. The van der Waals surface area contributed by atoms with Crippen LogP contribution in [0.5, 0.6) is 0 Å². The Balaban J connectivity index is 1.35. The molecule has 17 unspecified atom stereocenters. The minimum atomic E-state index is -1.98. The van der Waals surface area contributed by atoms with Crippen LogP contribution in [0, 0.1) is 0 Å². The molecule has 0 bridgehead atoms. The lowest BCUT2D eigenvalue weighted by molar-refractivity contribution is -0.379. The maximum atomic E-state index is 13.5. The van der Waals surface area contributed by atoms with Crippen LogP contribution >= 0.6 is 0 Å². The van der Waals surface area contributed by atoms with Crippen molar-refractivity contribution in [3.05, 3.63) is 12.2 Å². The lowest BCUT2D eigenvalue weighted by atomic mass is 9.96. The molecule has 3 aliphatic heterocycles. The predicted molar refractivity (Wildman–Crippen MR) is 397 cm³/mol. The summed E-state index contributed by atoms with van der Waals surface area (Å²) in [6, 6.07) is -0.970. The molecule has 592 valence electrons. The molecule has 3 aliphatic rings. The van der Waals surface area contributed by atoms with Gasteiger partial charge in [0.2, 0.25) is 5.91 Å². The van der Waals surface area contributed by atoms with E-state index in [1.807, 2.05) is 6.08 Å². The summed E-state index contributed by atoms with van der Waals surface area (Å²) in [7, 11) is 0. The van der Waals surface area contributed by atoms with Gasteiger partial charge >= 0.3 is 0 Å². The highest BCUT2D eigenvalue weighted by Gasteiger charge is 2.54. The summed E-state index contributed by atoms with van der Waals surface area (Å²) >= 11 is 0. The van der Waals surface area contributed by atoms with Crippen LogP contribution < -0.4 is 5.32 Å².